The lowest BCUT2D eigenvalue weighted by Crippen LogP contribution is -2.37. The lowest BCUT2D eigenvalue weighted by molar-refractivity contribution is -0.385. The minimum Gasteiger partial charge on any atom is -0.363 e. The molecule has 0 N–H and O–H groups in total. The number of Topliss-reactive ketones (excluding diaryl/α,β-unsaturated/α-hetero) is 1. The highest BCUT2D eigenvalue weighted by Gasteiger charge is 2.26. The van der Waals surface area contributed by atoms with E-state index in [0.717, 1.165) is 5.69 Å². The number of hydrogen-bond acceptors (Lipinski definition) is 6. The van der Waals surface area contributed by atoms with Crippen LogP contribution in [0, 0.1) is 20.2 Å². The van der Waals surface area contributed by atoms with E-state index < -0.39 is 9.85 Å². The van der Waals surface area contributed by atoms with Crippen molar-refractivity contribution in [2.45, 2.75) is 0 Å². The summed E-state index contributed by atoms with van der Waals surface area (Å²) in [6.45, 7) is 0.773. The third-order valence-electron chi connectivity index (χ3n) is 5.32. The largest absolute Gasteiger partial charge is 0.363 e. The van der Waals surface area contributed by atoms with Gasteiger partial charge < -0.3 is 4.90 Å². The first-order valence-electron chi connectivity index (χ1n) is 10.2. The highest BCUT2D eigenvalue weighted by atomic mass is 16.6. The molecule has 33 heavy (non-hydrogen) atoms. The summed E-state index contributed by atoms with van der Waals surface area (Å²) < 4.78 is 0. The lowest BCUT2D eigenvalue weighted by Gasteiger charge is -2.31. The fourth-order valence-electron chi connectivity index (χ4n) is 3.65. The Morgan fingerprint density at radius 2 is 1.09 bits per heavy atom. The second kappa shape index (κ2) is 9.27. The first kappa shape index (κ1) is 21.6. The summed E-state index contributed by atoms with van der Waals surface area (Å²) in [5.74, 6) is -0.126. The van der Waals surface area contributed by atoms with Gasteiger partial charge in [-0.15, -0.1) is 0 Å². The van der Waals surface area contributed by atoms with Gasteiger partial charge in [-0.05, 0) is 59.7 Å². The Labute approximate surface area is 189 Å². The summed E-state index contributed by atoms with van der Waals surface area (Å²) in [4.78, 5) is 36.2. The molecule has 0 amide bonds. The second-order valence-corrected chi connectivity index (χ2v) is 7.56. The molecule has 1 aliphatic heterocycles. The van der Waals surface area contributed by atoms with E-state index in [1.165, 1.54) is 24.3 Å². The highest BCUT2D eigenvalue weighted by molar-refractivity contribution is 6.15. The van der Waals surface area contributed by atoms with Crippen LogP contribution in [-0.4, -0.2) is 28.7 Å². The van der Waals surface area contributed by atoms with Gasteiger partial charge >= 0.3 is 0 Å². The van der Waals surface area contributed by atoms with Crippen LogP contribution < -0.4 is 4.90 Å². The molecular formula is C25H19N3O5. The Balaban J connectivity index is 1.70. The number of nitro benzene ring substituents is 2. The molecule has 1 aliphatic rings. The van der Waals surface area contributed by atoms with Gasteiger partial charge in [-0.25, -0.2) is 0 Å². The molecule has 0 unspecified atom stereocenters. The Hall–Kier alpha value is -4.59. The van der Waals surface area contributed by atoms with Crippen LogP contribution in [-0.2, 0) is 4.79 Å². The number of nitrogens with zero attached hydrogens (tertiary/aromatic N) is 3. The molecule has 0 radical (unpaired) electrons. The van der Waals surface area contributed by atoms with Gasteiger partial charge in [0.15, 0.2) is 5.78 Å². The molecule has 0 saturated carbocycles. The molecule has 8 heteroatoms. The molecule has 164 valence electrons. The standard InChI is InChI=1S/C25H19N3O5/c29-25-20(14-18-6-10-23(11-7-18)27(30)31)16-26(22-4-2-1-3-5-22)17-21(25)15-19-8-12-24(13-9-19)28(32)33/h1-15H,16-17H2/b20-14+,21-15+. The molecule has 0 atom stereocenters. The maximum Gasteiger partial charge on any atom is 0.269 e. The van der Waals surface area contributed by atoms with Gasteiger partial charge in [0, 0.05) is 54.2 Å². The van der Waals surface area contributed by atoms with Gasteiger partial charge in [-0.3, -0.25) is 25.0 Å². The molecule has 0 bridgehead atoms. The summed E-state index contributed by atoms with van der Waals surface area (Å²) >= 11 is 0. The third kappa shape index (κ3) is 5.01. The van der Waals surface area contributed by atoms with Crippen LogP contribution in [0.4, 0.5) is 17.1 Å². The van der Waals surface area contributed by atoms with E-state index in [4.69, 9.17) is 0 Å². The van der Waals surface area contributed by atoms with E-state index in [2.05, 4.69) is 4.90 Å². The van der Waals surface area contributed by atoms with Crippen LogP contribution in [0.5, 0.6) is 0 Å². The van der Waals surface area contributed by atoms with Crippen molar-refractivity contribution in [1.82, 2.24) is 0 Å². The number of piperidine rings is 1. The summed E-state index contributed by atoms with van der Waals surface area (Å²) in [7, 11) is 0. The van der Waals surface area contributed by atoms with E-state index in [0.29, 0.717) is 35.4 Å². The van der Waals surface area contributed by atoms with Crippen LogP contribution in [0.15, 0.2) is 90.0 Å². The molecule has 3 aromatic rings. The quantitative estimate of drug-likeness (QED) is 0.311. The minimum absolute atomic E-state index is 0.0169. The molecule has 8 nitrogen and oxygen atoms in total. The number of rotatable bonds is 5. The van der Waals surface area contributed by atoms with Crippen molar-refractivity contribution in [2.24, 2.45) is 0 Å². The predicted octanol–water partition coefficient (Wildman–Crippen LogP) is 5.06. The maximum atomic E-state index is 13.3. The summed E-state index contributed by atoms with van der Waals surface area (Å²) in [5.41, 5.74) is 3.39. The van der Waals surface area contributed by atoms with Crippen molar-refractivity contribution in [3.8, 4) is 0 Å². The Morgan fingerprint density at radius 1 is 0.667 bits per heavy atom. The average Bonchev–Trinajstić information content (AvgIpc) is 2.82. The van der Waals surface area contributed by atoms with E-state index in [1.807, 2.05) is 30.3 Å². The van der Waals surface area contributed by atoms with Crippen LogP contribution in [0.25, 0.3) is 12.2 Å². The molecule has 1 fully saturated rings. The Bertz CT molecular complexity index is 1180. The molecule has 0 aliphatic carbocycles. The Morgan fingerprint density at radius 3 is 1.48 bits per heavy atom. The lowest BCUT2D eigenvalue weighted by atomic mass is 9.93. The number of nitro groups is 2. The van der Waals surface area contributed by atoms with Gasteiger partial charge in [0.2, 0.25) is 0 Å². The van der Waals surface area contributed by atoms with Crippen molar-refractivity contribution < 1.29 is 14.6 Å². The summed E-state index contributed by atoms with van der Waals surface area (Å²) in [5, 5.41) is 21.8. The van der Waals surface area contributed by atoms with Crippen LogP contribution in [0.1, 0.15) is 11.1 Å². The molecule has 0 spiro atoms. The fourth-order valence-corrected chi connectivity index (χ4v) is 3.65. The van der Waals surface area contributed by atoms with Crippen molar-refractivity contribution >= 4 is 35.0 Å². The number of anilines is 1. The zero-order valence-corrected chi connectivity index (χ0v) is 17.5. The molecular weight excluding hydrogens is 422 g/mol. The smallest absolute Gasteiger partial charge is 0.269 e. The number of ketones is 1. The zero-order valence-electron chi connectivity index (χ0n) is 17.5. The van der Waals surface area contributed by atoms with Gasteiger partial charge in [0.25, 0.3) is 11.4 Å². The fraction of sp³-hybridized carbons (Fsp3) is 0.0800. The number of hydrogen-bond donors (Lipinski definition) is 0. The van der Waals surface area contributed by atoms with E-state index in [1.54, 1.807) is 36.4 Å². The van der Waals surface area contributed by atoms with Gasteiger partial charge in [-0.1, -0.05) is 18.2 Å². The van der Waals surface area contributed by atoms with Gasteiger partial charge in [0.1, 0.15) is 0 Å². The molecule has 0 aromatic heterocycles. The predicted molar refractivity (Wildman–Crippen MR) is 126 cm³/mol. The van der Waals surface area contributed by atoms with Crippen LogP contribution >= 0.6 is 0 Å². The normalized spacial score (nSPS) is 16.2. The molecule has 1 heterocycles. The van der Waals surface area contributed by atoms with Gasteiger partial charge in [-0.2, -0.15) is 0 Å². The number of non-ortho nitro benzene ring substituents is 2. The highest BCUT2D eigenvalue weighted by Crippen LogP contribution is 2.27. The summed E-state index contributed by atoms with van der Waals surface area (Å²) in [6, 6.07) is 21.7. The number of carbonyl (C=O) groups is 1. The monoisotopic (exact) mass is 441 g/mol. The Kier molecular flexibility index (Phi) is 6.08. The maximum absolute atomic E-state index is 13.3. The average molecular weight is 441 g/mol. The number of para-hydroxylation sites is 1. The third-order valence-corrected chi connectivity index (χ3v) is 5.32. The van der Waals surface area contributed by atoms with E-state index in [9.17, 15) is 25.0 Å². The van der Waals surface area contributed by atoms with Crippen LogP contribution in [0.2, 0.25) is 0 Å². The van der Waals surface area contributed by atoms with Gasteiger partial charge in [0.05, 0.1) is 9.85 Å². The SMILES string of the molecule is O=C1/C(=C/c2ccc([N+](=O)[O-])cc2)CN(c2ccccc2)C/C1=C\c1ccc([N+](=O)[O-])cc1. The first-order valence-corrected chi connectivity index (χ1v) is 10.2. The summed E-state index contributed by atoms with van der Waals surface area (Å²) in [6.07, 6.45) is 3.48. The number of carbonyl (C=O) groups excluding carboxylic acids is 1. The number of benzene rings is 3. The first-order chi connectivity index (χ1) is 15.9. The zero-order chi connectivity index (χ0) is 23.4. The van der Waals surface area contributed by atoms with Crippen molar-refractivity contribution in [1.29, 1.82) is 0 Å². The van der Waals surface area contributed by atoms with E-state index >= 15 is 0 Å². The van der Waals surface area contributed by atoms with E-state index in [-0.39, 0.29) is 17.2 Å². The molecule has 1 saturated heterocycles. The van der Waals surface area contributed by atoms with Crippen molar-refractivity contribution in [3.05, 3.63) is 121 Å². The van der Waals surface area contributed by atoms with Crippen LogP contribution in [0.3, 0.4) is 0 Å². The second-order valence-electron chi connectivity index (χ2n) is 7.56. The topological polar surface area (TPSA) is 107 Å². The minimum atomic E-state index is -0.467. The van der Waals surface area contributed by atoms with Crippen molar-refractivity contribution in [3.63, 3.8) is 0 Å². The molecule has 4 rings (SSSR count). The molecule has 3 aromatic carbocycles. The van der Waals surface area contributed by atoms with Crippen molar-refractivity contribution in [2.75, 3.05) is 18.0 Å².